The highest BCUT2D eigenvalue weighted by Crippen LogP contribution is 2.34. The van der Waals surface area contributed by atoms with E-state index in [1.165, 1.54) is 22.6 Å². The Labute approximate surface area is 172 Å². The second-order valence-electron chi connectivity index (χ2n) is 6.69. The van der Waals surface area contributed by atoms with E-state index in [4.69, 9.17) is 9.84 Å². The van der Waals surface area contributed by atoms with Crippen LogP contribution < -0.4 is 10.1 Å². The van der Waals surface area contributed by atoms with Crippen molar-refractivity contribution in [2.45, 2.75) is 19.6 Å². The zero-order valence-electron chi connectivity index (χ0n) is 16.5. The number of aliphatic hydroxyl groups excluding tert-OH is 2. The fourth-order valence-corrected chi connectivity index (χ4v) is 4.15. The summed E-state index contributed by atoms with van der Waals surface area (Å²) in [5.41, 5.74) is 1.83. The number of fused-ring (bicyclic) bond motifs is 1. The smallest absolute Gasteiger partial charge is 0.264 e. The van der Waals surface area contributed by atoms with Gasteiger partial charge in [-0.3, -0.25) is 4.79 Å². The van der Waals surface area contributed by atoms with Gasteiger partial charge >= 0.3 is 0 Å². The number of ether oxygens (including phenoxy) is 1. The van der Waals surface area contributed by atoms with Crippen molar-refractivity contribution in [1.82, 2.24) is 14.9 Å². The Morgan fingerprint density at radius 3 is 2.90 bits per heavy atom. The van der Waals surface area contributed by atoms with Gasteiger partial charge < -0.3 is 25.2 Å². The highest BCUT2D eigenvalue weighted by atomic mass is 32.1. The molecule has 0 aliphatic rings. The van der Waals surface area contributed by atoms with Crippen molar-refractivity contribution in [3.63, 3.8) is 0 Å². The van der Waals surface area contributed by atoms with Gasteiger partial charge in [-0.2, -0.15) is 0 Å². The Hall–Kier alpha value is -2.75. The van der Waals surface area contributed by atoms with E-state index < -0.39 is 12.7 Å². The molecule has 0 radical (unpaired) electrons. The summed E-state index contributed by atoms with van der Waals surface area (Å²) in [5, 5.41) is 22.7. The number of likely N-dealkylation sites (N-methyl/N-ethyl adjacent to an activating group) is 1. The van der Waals surface area contributed by atoms with Gasteiger partial charge in [-0.05, 0) is 30.2 Å². The minimum absolute atomic E-state index is 0.0512. The molecular weight excluding hydrogens is 392 g/mol. The summed E-state index contributed by atoms with van der Waals surface area (Å²) in [6.45, 7) is 2.06. The van der Waals surface area contributed by atoms with Crippen molar-refractivity contribution in [2.75, 3.05) is 32.6 Å². The maximum Gasteiger partial charge on any atom is 0.264 e. The van der Waals surface area contributed by atoms with Crippen molar-refractivity contribution < 1.29 is 19.7 Å². The molecule has 3 rings (SSSR count). The first-order valence-corrected chi connectivity index (χ1v) is 9.91. The minimum Gasteiger partial charge on any atom is -0.497 e. The number of anilines is 1. The molecular formula is C20H24N4O4S. The van der Waals surface area contributed by atoms with Gasteiger partial charge in [-0.25, -0.2) is 9.97 Å². The van der Waals surface area contributed by atoms with Crippen LogP contribution in [-0.2, 0) is 6.54 Å². The molecule has 1 aromatic carbocycles. The lowest BCUT2D eigenvalue weighted by Gasteiger charge is -2.19. The molecule has 2 aromatic heterocycles. The molecule has 8 nitrogen and oxygen atoms in total. The Balaban J connectivity index is 1.85. The van der Waals surface area contributed by atoms with Gasteiger partial charge in [0.1, 0.15) is 22.7 Å². The summed E-state index contributed by atoms with van der Waals surface area (Å²) in [4.78, 5) is 24.1. The van der Waals surface area contributed by atoms with Gasteiger partial charge in [0, 0.05) is 20.1 Å². The first-order valence-electron chi connectivity index (χ1n) is 9.09. The second-order valence-corrected chi connectivity index (χ2v) is 7.68. The van der Waals surface area contributed by atoms with Gasteiger partial charge in [0.2, 0.25) is 0 Å². The third-order valence-electron chi connectivity index (χ3n) is 4.56. The minimum atomic E-state index is -0.974. The number of amides is 1. The largest absolute Gasteiger partial charge is 0.497 e. The van der Waals surface area contributed by atoms with Crippen molar-refractivity contribution in [3.8, 4) is 5.75 Å². The first-order chi connectivity index (χ1) is 13.9. The van der Waals surface area contributed by atoms with E-state index in [1.54, 1.807) is 14.2 Å². The molecule has 1 amide bonds. The number of nitrogens with zero attached hydrogens (tertiary/aromatic N) is 3. The van der Waals surface area contributed by atoms with Crippen molar-refractivity contribution in [1.29, 1.82) is 0 Å². The van der Waals surface area contributed by atoms with Crippen LogP contribution in [0.15, 0.2) is 30.6 Å². The van der Waals surface area contributed by atoms with Crippen molar-refractivity contribution in [2.24, 2.45) is 0 Å². The molecule has 0 aliphatic heterocycles. The maximum absolute atomic E-state index is 12.8. The number of hydrogen-bond donors (Lipinski definition) is 3. The predicted octanol–water partition coefficient (Wildman–Crippen LogP) is 2.05. The number of rotatable bonds is 8. The Morgan fingerprint density at radius 1 is 1.38 bits per heavy atom. The molecule has 0 spiro atoms. The predicted molar refractivity (Wildman–Crippen MR) is 113 cm³/mol. The number of thiophene rings is 1. The molecule has 29 heavy (non-hydrogen) atoms. The van der Waals surface area contributed by atoms with Crippen LogP contribution in [0.1, 0.15) is 20.8 Å². The zero-order chi connectivity index (χ0) is 21.0. The monoisotopic (exact) mass is 416 g/mol. The number of carbonyl (C=O) groups is 1. The first kappa shape index (κ1) is 21.0. The molecule has 3 aromatic rings. The lowest BCUT2D eigenvalue weighted by Crippen LogP contribution is -2.35. The van der Waals surface area contributed by atoms with Crippen LogP contribution in [0.25, 0.3) is 10.2 Å². The molecule has 0 bridgehead atoms. The van der Waals surface area contributed by atoms with Crippen LogP contribution >= 0.6 is 11.3 Å². The van der Waals surface area contributed by atoms with E-state index >= 15 is 0 Å². The van der Waals surface area contributed by atoms with E-state index in [0.717, 1.165) is 22.3 Å². The van der Waals surface area contributed by atoms with Crippen LogP contribution in [0.2, 0.25) is 0 Å². The maximum atomic E-state index is 12.8. The fraction of sp³-hybridized carbons (Fsp3) is 0.350. The standard InChI is InChI=1S/C20H24N4O4S/c1-12-16-18(21-8-13-5-4-6-15(7-13)28-3)22-11-23-19(16)29-17(12)20(27)24(2)9-14(26)10-25/h4-7,11,14,25-26H,8-10H2,1-3H3,(H,21,22,23). The summed E-state index contributed by atoms with van der Waals surface area (Å²) >= 11 is 1.29. The van der Waals surface area contributed by atoms with Crippen LogP contribution in [0.4, 0.5) is 5.82 Å². The summed E-state index contributed by atoms with van der Waals surface area (Å²) in [7, 11) is 3.23. The average molecular weight is 417 g/mol. The zero-order valence-corrected chi connectivity index (χ0v) is 17.4. The molecule has 1 unspecified atom stereocenters. The van der Waals surface area contributed by atoms with E-state index in [2.05, 4.69) is 15.3 Å². The number of benzene rings is 1. The van der Waals surface area contributed by atoms with Gasteiger partial charge in [0.25, 0.3) is 5.91 Å². The SMILES string of the molecule is COc1cccc(CNc2ncnc3sc(C(=O)N(C)CC(O)CO)c(C)c23)c1. The van der Waals surface area contributed by atoms with Gasteiger partial charge in [-0.15, -0.1) is 11.3 Å². The molecule has 154 valence electrons. The quantitative estimate of drug-likeness (QED) is 0.516. The third-order valence-corrected chi connectivity index (χ3v) is 5.75. The average Bonchev–Trinajstić information content (AvgIpc) is 3.08. The van der Waals surface area contributed by atoms with Crippen LogP contribution in [-0.4, -0.2) is 64.4 Å². The highest BCUT2D eigenvalue weighted by Gasteiger charge is 2.23. The topological polar surface area (TPSA) is 108 Å². The molecule has 1 atom stereocenters. The van der Waals surface area contributed by atoms with Crippen LogP contribution in [0, 0.1) is 6.92 Å². The number of hydrogen-bond acceptors (Lipinski definition) is 8. The Bertz CT molecular complexity index is 1010. The van der Waals surface area contributed by atoms with Gasteiger partial charge in [0.05, 0.1) is 30.1 Å². The Kier molecular flexibility index (Phi) is 6.63. The van der Waals surface area contributed by atoms with E-state index in [-0.39, 0.29) is 12.5 Å². The van der Waals surface area contributed by atoms with Crippen molar-refractivity contribution >= 4 is 33.3 Å². The summed E-state index contributed by atoms with van der Waals surface area (Å²) in [6.07, 6.45) is 0.498. The number of nitrogens with one attached hydrogen (secondary N) is 1. The van der Waals surface area contributed by atoms with Crippen molar-refractivity contribution in [3.05, 3.63) is 46.6 Å². The number of aliphatic hydroxyl groups is 2. The highest BCUT2D eigenvalue weighted by molar-refractivity contribution is 7.20. The van der Waals surface area contributed by atoms with Gasteiger partial charge in [-0.1, -0.05) is 12.1 Å². The molecule has 0 fully saturated rings. The number of methoxy groups -OCH3 is 1. The van der Waals surface area contributed by atoms with E-state index in [9.17, 15) is 9.90 Å². The third kappa shape index (κ3) is 4.64. The van der Waals surface area contributed by atoms with E-state index in [1.807, 2.05) is 31.2 Å². The number of aromatic nitrogens is 2. The summed E-state index contributed by atoms with van der Waals surface area (Å²) in [5.74, 6) is 1.21. The number of carbonyl (C=O) groups excluding carboxylic acids is 1. The molecule has 2 heterocycles. The normalized spacial score (nSPS) is 12.0. The van der Waals surface area contributed by atoms with Crippen LogP contribution in [0.5, 0.6) is 5.75 Å². The molecule has 9 heteroatoms. The second kappa shape index (κ2) is 9.17. The molecule has 0 aliphatic carbocycles. The molecule has 3 N–H and O–H groups in total. The number of aryl methyl sites for hydroxylation is 1. The lowest BCUT2D eigenvalue weighted by atomic mass is 10.1. The van der Waals surface area contributed by atoms with Crippen LogP contribution in [0.3, 0.4) is 0 Å². The van der Waals surface area contributed by atoms with E-state index in [0.29, 0.717) is 22.1 Å². The fourth-order valence-electron chi connectivity index (χ4n) is 3.01. The molecule has 0 saturated carbocycles. The summed E-state index contributed by atoms with van der Waals surface area (Å²) < 4.78 is 5.26. The lowest BCUT2D eigenvalue weighted by molar-refractivity contribution is 0.0523. The molecule has 0 saturated heterocycles. The summed E-state index contributed by atoms with van der Waals surface area (Å²) in [6, 6.07) is 7.75. The van der Waals surface area contributed by atoms with Gasteiger partial charge in [0.15, 0.2) is 0 Å². The Morgan fingerprint density at radius 2 is 2.17 bits per heavy atom.